The Kier molecular flexibility index (Phi) is 4.36. The van der Waals surface area contributed by atoms with E-state index in [0.717, 1.165) is 16.8 Å². The summed E-state index contributed by atoms with van der Waals surface area (Å²) in [7, 11) is 3.21. The molecule has 0 fully saturated rings. The molecule has 2 rings (SSSR count). The van der Waals surface area contributed by atoms with E-state index in [1.807, 2.05) is 30.3 Å². The summed E-state index contributed by atoms with van der Waals surface area (Å²) in [4.78, 5) is 4.39. The second-order valence-corrected chi connectivity index (χ2v) is 4.05. The Hall–Kier alpha value is -2.07. The summed E-state index contributed by atoms with van der Waals surface area (Å²) in [6.07, 6.45) is 2.32. The van der Waals surface area contributed by atoms with E-state index in [1.165, 1.54) is 0 Å². The van der Waals surface area contributed by atoms with Crippen LogP contribution < -0.4 is 9.47 Å². The summed E-state index contributed by atoms with van der Waals surface area (Å²) in [6, 6.07) is 9.52. The van der Waals surface area contributed by atoms with Crippen LogP contribution in [0.5, 0.6) is 11.5 Å². The third-order valence-corrected chi connectivity index (χ3v) is 2.93. The average Bonchev–Trinajstić information content (AvgIpc) is 2.47. The third-order valence-electron chi connectivity index (χ3n) is 2.93. The first-order valence-corrected chi connectivity index (χ1v) is 6.07. The van der Waals surface area contributed by atoms with Crippen LogP contribution >= 0.6 is 0 Å². The van der Waals surface area contributed by atoms with Gasteiger partial charge in [0.15, 0.2) is 11.5 Å². The van der Waals surface area contributed by atoms with E-state index in [0.29, 0.717) is 17.9 Å². The molecule has 0 aliphatic carbocycles. The molecule has 1 N–H and O–H groups in total. The van der Waals surface area contributed by atoms with Gasteiger partial charge in [-0.15, -0.1) is 0 Å². The van der Waals surface area contributed by atoms with Gasteiger partial charge in [0.25, 0.3) is 0 Å². The van der Waals surface area contributed by atoms with Crippen LogP contribution in [0, 0.1) is 0 Å². The molecule has 1 aromatic heterocycles. The van der Waals surface area contributed by atoms with E-state index < -0.39 is 0 Å². The fourth-order valence-corrected chi connectivity index (χ4v) is 2.00. The van der Waals surface area contributed by atoms with Gasteiger partial charge in [0, 0.05) is 18.4 Å². The summed E-state index contributed by atoms with van der Waals surface area (Å²) in [6.45, 7) is 0.103. The van der Waals surface area contributed by atoms with E-state index in [1.54, 1.807) is 20.4 Å². The maximum absolute atomic E-state index is 9.10. The molecule has 0 radical (unpaired) electrons. The second-order valence-electron chi connectivity index (χ2n) is 4.05. The number of benzene rings is 1. The minimum Gasteiger partial charge on any atom is -0.493 e. The van der Waals surface area contributed by atoms with Crippen LogP contribution in [0.15, 0.2) is 36.5 Å². The van der Waals surface area contributed by atoms with Gasteiger partial charge in [0.05, 0.1) is 19.9 Å². The fraction of sp³-hybridized carbons (Fsp3) is 0.267. The Labute approximate surface area is 112 Å². The van der Waals surface area contributed by atoms with E-state index in [9.17, 15) is 0 Å². The van der Waals surface area contributed by atoms with Crippen molar-refractivity contribution < 1.29 is 14.6 Å². The molecule has 0 unspecified atom stereocenters. The van der Waals surface area contributed by atoms with Crippen LogP contribution in [-0.2, 0) is 6.42 Å². The van der Waals surface area contributed by atoms with E-state index in [4.69, 9.17) is 14.6 Å². The molecule has 0 aliphatic heterocycles. The van der Waals surface area contributed by atoms with Crippen LogP contribution in [-0.4, -0.2) is 30.9 Å². The molecule has 0 saturated heterocycles. The molecular weight excluding hydrogens is 242 g/mol. The molecular formula is C15H17NO3. The monoisotopic (exact) mass is 259 g/mol. The highest BCUT2D eigenvalue weighted by Crippen LogP contribution is 2.32. The second kappa shape index (κ2) is 6.20. The van der Waals surface area contributed by atoms with Crippen molar-refractivity contribution in [3.05, 3.63) is 42.1 Å². The third kappa shape index (κ3) is 2.85. The Bertz CT molecular complexity index is 555. The fourth-order valence-electron chi connectivity index (χ4n) is 2.00. The number of aromatic nitrogens is 1. The number of methoxy groups -OCH3 is 2. The van der Waals surface area contributed by atoms with E-state index in [-0.39, 0.29) is 6.61 Å². The Morgan fingerprint density at radius 2 is 1.89 bits per heavy atom. The summed E-state index contributed by atoms with van der Waals surface area (Å²) in [5, 5.41) is 9.10. The van der Waals surface area contributed by atoms with Crippen molar-refractivity contribution >= 4 is 0 Å². The average molecular weight is 259 g/mol. The zero-order chi connectivity index (χ0) is 13.7. The summed E-state index contributed by atoms with van der Waals surface area (Å²) in [5.41, 5.74) is 2.82. The lowest BCUT2D eigenvalue weighted by Gasteiger charge is -2.11. The highest BCUT2D eigenvalue weighted by molar-refractivity contribution is 5.66. The largest absolute Gasteiger partial charge is 0.493 e. The SMILES string of the molecule is COc1ccc(-c2ncccc2CCO)cc1OC. The van der Waals surface area contributed by atoms with E-state index in [2.05, 4.69) is 4.98 Å². The predicted octanol–water partition coefficient (Wildman–Crippen LogP) is 2.30. The minimum atomic E-state index is 0.103. The Morgan fingerprint density at radius 3 is 2.58 bits per heavy atom. The van der Waals surface area contributed by atoms with Crippen LogP contribution in [0.1, 0.15) is 5.56 Å². The van der Waals surface area contributed by atoms with Gasteiger partial charge in [-0.25, -0.2) is 0 Å². The Balaban J connectivity index is 2.47. The maximum Gasteiger partial charge on any atom is 0.161 e. The van der Waals surface area contributed by atoms with Crippen molar-refractivity contribution in [1.29, 1.82) is 0 Å². The number of aliphatic hydroxyl groups is 1. The molecule has 0 saturated carbocycles. The molecule has 19 heavy (non-hydrogen) atoms. The summed E-state index contributed by atoms with van der Waals surface area (Å²) >= 11 is 0. The molecule has 0 atom stereocenters. The maximum atomic E-state index is 9.10. The van der Waals surface area contributed by atoms with Gasteiger partial charge in [-0.05, 0) is 36.2 Å². The standard InChI is InChI=1S/C15H17NO3/c1-18-13-6-5-12(10-14(13)19-2)15-11(7-9-17)4-3-8-16-15/h3-6,8,10,17H,7,9H2,1-2H3. The molecule has 0 aliphatic rings. The van der Waals surface area contributed by atoms with Crippen LogP contribution in [0.4, 0.5) is 0 Å². The molecule has 4 nitrogen and oxygen atoms in total. The highest BCUT2D eigenvalue weighted by Gasteiger charge is 2.10. The number of hydrogen-bond donors (Lipinski definition) is 1. The minimum absolute atomic E-state index is 0.103. The van der Waals surface area contributed by atoms with Crippen LogP contribution in [0.25, 0.3) is 11.3 Å². The summed E-state index contributed by atoms with van der Waals surface area (Å²) in [5.74, 6) is 1.35. The number of hydrogen-bond acceptors (Lipinski definition) is 4. The number of rotatable bonds is 5. The highest BCUT2D eigenvalue weighted by atomic mass is 16.5. The zero-order valence-corrected chi connectivity index (χ0v) is 11.1. The van der Waals surface area contributed by atoms with E-state index >= 15 is 0 Å². The molecule has 100 valence electrons. The lowest BCUT2D eigenvalue weighted by atomic mass is 10.0. The van der Waals surface area contributed by atoms with Crippen molar-refractivity contribution in [2.24, 2.45) is 0 Å². The smallest absolute Gasteiger partial charge is 0.161 e. The molecule has 0 amide bonds. The zero-order valence-electron chi connectivity index (χ0n) is 11.1. The van der Waals surface area contributed by atoms with Crippen LogP contribution in [0.2, 0.25) is 0 Å². The van der Waals surface area contributed by atoms with Gasteiger partial charge < -0.3 is 14.6 Å². The van der Waals surface area contributed by atoms with Gasteiger partial charge in [-0.2, -0.15) is 0 Å². The van der Waals surface area contributed by atoms with Gasteiger partial charge in [-0.1, -0.05) is 6.07 Å². The quantitative estimate of drug-likeness (QED) is 0.895. The van der Waals surface area contributed by atoms with Gasteiger partial charge >= 0.3 is 0 Å². The van der Waals surface area contributed by atoms with Crippen molar-refractivity contribution in [2.45, 2.75) is 6.42 Å². The first-order valence-electron chi connectivity index (χ1n) is 6.07. The number of nitrogens with zero attached hydrogens (tertiary/aromatic N) is 1. The number of pyridine rings is 1. The van der Waals surface area contributed by atoms with Gasteiger partial charge in [0.1, 0.15) is 0 Å². The molecule has 0 bridgehead atoms. The molecule has 1 aromatic carbocycles. The normalized spacial score (nSPS) is 10.3. The van der Waals surface area contributed by atoms with Crippen molar-refractivity contribution in [3.63, 3.8) is 0 Å². The lowest BCUT2D eigenvalue weighted by Crippen LogP contribution is -1.97. The molecule has 0 spiro atoms. The lowest BCUT2D eigenvalue weighted by molar-refractivity contribution is 0.299. The first kappa shape index (κ1) is 13.4. The molecule has 4 heteroatoms. The molecule has 1 heterocycles. The van der Waals surface area contributed by atoms with Gasteiger partial charge in [-0.3, -0.25) is 4.98 Å². The number of ether oxygens (including phenoxy) is 2. The first-order chi connectivity index (χ1) is 9.30. The summed E-state index contributed by atoms with van der Waals surface area (Å²) < 4.78 is 10.5. The molecule has 2 aromatic rings. The van der Waals surface area contributed by atoms with Crippen LogP contribution in [0.3, 0.4) is 0 Å². The topological polar surface area (TPSA) is 51.6 Å². The van der Waals surface area contributed by atoms with Gasteiger partial charge in [0.2, 0.25) is 0 Å². The Morgan fingerprint density at radius 1 is 1.11 bits per heavy atom. The number of aliphatic hydroxyl groups excluding tert-OH is 1. The van der Waals surface area contributed by atoms with Crippen molar-refractivity contribution in [1.82, 2.24) is 4.98 Å². The predicted molar refractivity (Wildman–Crippen MR) is 73.6 cm³/mol. The van der Waals surface area contributed by atoms with Crippen molar-refractivity contribution in [2.75, 3.05) is 20.8 Å². The van der Waals surface area contributed by atoms with Crippen molar-refractivity contribution in [3.8, 4) is 22.8 Å².